The van der Waals surface area contributed by atoms with Crippen LogP contribution >= 0.6 is 12.0 Å². The van der Waals surface area contributed by atoms with Crippen molar-refractivity contribution in [2.75, 3.05) is 7.11 Å². The van der Waals surface area contributed by atoms with Crippen LogP contribution in [0.5, 0.6) is 5.75 Å². The van der Waals surface area contributed by atoms with Gasteiger partial charge in [0.2, 0.25) is 0 Å². The van der Waals surface area contributed by atoms with E-state index < -0.39 is 15.6 Å². The Labute approximate surface area is 100 Å². The first-order valence-electron chi connectivity index (χ1n) is 4.08. The van der Waals surface area contributed by atoms with E-state index in [0.717, 1.165) is 0 Å². The van der Waals surface area contributed by atoms with Crippen LogP contribution in [0.2, 0.25) is 0 Å². The summed E-state index contributed by atoms with van der Waals surface area (Å²) in [5.41, 5.74) is -5.42. The van der Waals surface area contributed by atoms with Crippen LogP contribution in [0.4, 0.5) is 13.2 Å². The highest BCUT2D eigenvalue weighted by molar-refractivity contribution is 8.04. The molecule has 96 valence electrons. The van der Waals surface area contributed by atoms with Crippen LogP contribution in [0.25, 0.3) is 0 Å². The summed E-state index contributed by atoms with van der Waals surface area (Å²) < 4.78 is 65.4. The molecule has 0 bridgehead atoms. The van der Waals surface area contributed by atoms with E-state index >= 15 is 0 Å². The standard InChI is InChI=1S/C8H7F3O4S2/c1-14-6-2-4-7(5-3-6)16-15-17(12,13)8(9,10)11/h2-5H,1H3. The SMILES string of the molecule is COc1ccc(SOS(=O)(=O)C(F)(F)F)cc1. The van der Waals surface area contributed by atoms with Gasteiger partial charge in [-0.25, -0.2) is 0 Å². The van der Waals surface area contributed by atoms with Gasteiger partial charge in [0.1, 0.15) is 5.75 Å². The fourth-order valence-electron chi connectivity index (χ4n) is 0.754. The van der Waals surface area contributed by atoms with Crippen molar-refractivity contribution in [3.05, 3.63) is 24.3 Å². The van der Waals surface area contributed by atoms with Crippen LogP contribution in [-0.2, 0) is 13.7 Å². The van der Waals surface area contributed by atoms with Crippen molar-refractivity contribution >= 4 is 22.2 Å². The van der Waals surface area contributed by atoms with Crippen LogP contribution < -0.4 is 4.74 Å². The zero-order valence-electron chi connectivity index (χ0n) is 8.39. The number of hydrogen-bond donors (Lipinski definition) is 0. The van der Waals surface area contributed by atoms with E-state index in [1.165, 1.54) is 31.4 Å². The monoisotopic (exact) mass is 288 g/mol. The van der Waals surface area contributed by atoms with Crippen molar-refractivity contribution in [2.45, 2.75) is 10.4 Å². The van der Waals surface area contributed by atoms with Crippen LogP contribution in [0.3, 0.4) is 0 Å². The maximum atomic E-state index is 11.9. The summed E-state index contributed by atoms with van der Waals surface area (Å²) in [5.74, 6) is 0.494. The van der Waals surface area contributed by atoms with Crippen molar-refractivity contribution in [1.82, 2.24) is 0 Å². The molecule has 0 aliphatic carbocycles. The van der Waals surface area contributed by atoms with Gasteiger partial charge in [0.05, 0.1) is 7.11 Å². The third-order valence-corrected chi connectivity index (χ3v) is 3.58. The minimum atomic E-state index is -5.58. The fourth-order valence-corrected chi connectivity index (χ4v) is 1.98. The maximum Gasteiger partial charge on any atom is 0.524 e. The lowest BCUT2D eigenvalue weighted by atomic mass is 10.3. The molecule has 4 nitrogen and oxygen atoms in total. The molecular weight excluding hydrogens is 281 g/mol. The molecule has 0 heterocycles. The second-order valence-electron chi connectivity index (χ2n) is 2.73. The topological polar surface area (TPSA) is 52.6 Å². The molecule has 1 aromatic rings. The van der Waals surface area contributed by atoms with Gasteiger partial charge in [-0.15, -0.1) is 0 Å². The van der Waals surface area contributed by atoms with Crippen LogP contribution in [0, 0.1) is 0 Å². The third kappa shape index (κ3) is 3.79. The van der Waals surface area contributed by atoms with Crippen molar-refractivity contribution in [3.63, 3.8) is 0 Å². The molecule has 0 radical (unpaired) electrons. The molecule has 0 saturated heterocycles. The molecule has 1 rings (SSSR count). The summed E-state index contributed by atoms with van der Waals surface area (Å²) in [5, 5.41) is 0. The Hall–Kier alpha value is -0.930. The highest BCUT2D eigenvalue weighted by Gasteiger charge is 2.47. The van der Waals surface area contributed by atoms with Gasteiger partial charge in [-0.2, -0.15) is 25.2 Å². The number of rotatable bonds is 4. The molecule has 0 N–H and O–H groups in total. The number of benzene rings is 1. The third-order valence-electron chi connectivity index (χ3n) is 1.56. The molecule has 1 aromatic carbocycles. The number of ether oxygens (including phenoxy) is 1. The van der Waals surface area contributed by atoms with Gasteiger partial charge < -0.3 is 4.74 Å². The molecular formula is C8H7F3O4S2. The predicted octanol–water partition coefficient (Wildman–Crippen LogP) is 2.57. The second-order valence-corrected chi connectivity index (χ2v) is 5.28. The van der Waals surface area contributed by atoms with E-state index in [0.29, 0.717) is 5.75 Å². The minimum absolute atomic E-state index is 0.110. The van der Waals surface area contributed by atoms with Crippen molar-refractivity contribution in [3.8, 4) is 5.75 Å². The molecule has 0 saturated carbocycles. The molecule has 0 aliphatic heterocycles. The number of hydrogen-bond acceptors (Lipinski definition) is 5. The highest BCUT2D eigenvalue weighted by atomic mass is 32.3. The molecule has 0 spiro atoms. The Kier molecular flexibility index (Phi) is 4.28. The summed E-state index contributed by atoms with van der Waals surface area (Å²) in [6.45, 7) is 0. The Morgan fingerprint density at radius 2 is 1.71 bits per heavy atom. The Morgan fingerprint density at radius 1 is 1.18 bits per heavy atom. The van der Waals surface area contributed by atoms with Crippen molar-refractivity contribution < 1.29 is 30.0 Å². The highest BCUT2D eigenvalue weighted by Crippen LogP contribution is 2.31. The van der Waals surface area contributed by atoms with Gasteiger partial charge >= 0.3 is 15.6 Å². The van der Waals surface area contributed by atoms with Gasteiger partial charge in [-0.05, 0) is 24.3 Å². The number of methoxy groups -OCH3 is 1. The lowest BCUT2D eigenvalue weighted by molar-refractivity contribution is -0.0494. The molecule has 0 fully saturated rings. The van der Waals surface area contributed by atoms with Crippen LogP contribution in [0.1, 0.15) is 0 Å². The zero-order chi connectivity index (χ0) is 13.1. The average molecular weight is 288 g/mol. The Morgan fingerprint density at radius 3 is 2.12 bits per heavy atom. The lowest BCUT2D eigenvalue weighted by Crippen LogP contribution is -2.23. The van der Waals surface area contributed by atoms with Gasteiger partial charge in [-0.1, -0.05) is 0 Å². The zero-order valence-corrected chi connectivity index (χ0v) is 10.0. The number of alkyl halides is 3. The number of halogens is 3. The first-order chi connectivity index (χ1) is 7.76. The smallest absolute Gasteiger partial charge is 0.497 e. The molecule has 0 unspecified atom stereocenters. The average Bonchev–Trinajstić information content (AvgIpc) is 2.25. The van der Waals surface area contributed by atoms with Crippen LogP contribution in [-0.4, -0.2) is 21.0 Å². The quantitative estimate of drug-likeness (QED) is 0.629. The van der Waals surface area contributed by atoms with Crippen molar-refractivity contribution in [2.24, 2.45) is 0 Å². The summed E-state index contributed by atoms with van der Waals surface area (Å²) >= 11 is 0.110. The summed E-state index contributed by atoms with van der Waals surface area (Å²) in [4.78, 5) is 0.207. The van der Waals surface area contributed by atoms with Crippen LogP contribution in [0.15, 0.2) is 29.2 Å². The predicted molar refractivity (Wildman–Crippen MR) is 54.9 cm³/mol. The van der Waals surface area contributed by atoms with E-state index in [1.54, 1.807) is 0 Å². The Bertz CT molecular complexity index is 467. The summed E-state index contributed by atoms with van der Waals surface area (Å²) in [7, 11) is -4.16. The molecule has 0 aliphatic rings. The fraction of sp³-hybridized carbons (Fsp3) is 0.250. The first kappa shape index (κ1) is 14.1. The molecule has 0 aromatic heterocycles. The van der Waals surface area contributed by atoms with Gasteiger partial charge in [0.15, 0.2) is 0 Å². The van der Waals surface area contributed by atoms with Gasteiger partial charge in [-0.3, -0.25) is 0 Å². The van der Waals surface area contributed by atoms with Gasteiger partial charge in [0, 0.05) is 16.9 Å². The molecule has 0 atom stereocenters. The van der Waals surface area contributed by atoms with E-state index in [4.69, 9.17) is 4.74 Å². The summed E-state index contributed by atoms with van der Waals surface area (Å²) in [6.07, 6.45) is 0. The normalized spacial score (nSPS) is 12.5. The first-order valence-corrected chi connectivity index (χ1v) is 6.23. The van der Waals surface area contributed by atoms with E-state index in [2.05, 4.69) is 3.63 Å². The Balaban J connectivity index is 2.68. The second kappa shape index (κ2) is 5.15. The minimum Gasteiger partial charge on any atom is -0.497 e. The summed E-state index contributed by atoms with van der Waals surface area (Å²) in [6, 6.07) is 5.67. The lowest BCUT2D eigenvalue weighted by Gasteiger charge is -2.07. The molecule has 17 heavy (non-hydrogen) atoms. The van der Waals surface area contributed by atoms with E-state index in [-0.39, 0.29) is 16.9 Å². The largest absolute Gasteiger partial charge is 0.524 e. The molecule has 0 amide bonds. The maximum absolute atomic E-state index is 11.9. The van der Waals surface area contributed by atoms with E-state index in [1.807, 2.05) is 0 Å². The van der Waals surface area contributed by atoms with Crippen molar-refractivity contribution in [1.29, 1.82) is 0 Å². The molecule has 9 heteroatoms. The van der Waals surface area contributed by atoms with Gasteiger partial charge in [0.25, 0.3) is 0 Å². The van der Waals surface area contributed by atoms with E-state index in [9.17, 15) is 21.6 Å².